The highest BCUT2D eigenvalue weighted by Crippen LogP contribution is 2.19. The molecular formula is C13H19ClN2O2S. The Morgan fingerprint density at radius 2 is 2.21 bits per heavy atom. The van der Waals surface area contributed by atoms with Gasteiger partial charge in [0.2, 0.25) is 0 Å². The van der Waals surface area contributed by atoms with Gasteiger partial charge in [0.25, 0.3) is 5.91 Å². The fourth-order valence-electron chi connectivity index (χ4n) is 1.79. The first-order valence-electron chi connectivity index (χ1n) is 5.90. The number of hydrogen-bond acceptors (Lipinski definition) is 4. The molecule has 2 N–H and O–H groups in total. The van der Waals surface area contributed by atoms with Crippen LogP contribution in [0.2, 0.25) is 5.15 Å². The molecule has 0 aliphatic rings. The summed E-state index contributed by atoms with van der Waals surface area (Å²) >= 11 is 7.53. The van der Waals surface area contributed by atoms with Crippen molar-refractivity contribution in [3.8, 4) is 0 Å². The minimum absolute atomic E-state index is 0.177. The van der Waals surface area contributed by atoms with E-state index < -0.39 is 5.60 Å². The SMILES string of the molecule is CSCC(C)(O)CNC(=O)c1c(C)cc(C)nc1Cl. The van der Waals surface area contributed by atoms with Crippen LogP contribution in [0.15, 0.2) is 6.07 Å². The van der Waals surface area contributed by atoms with E-state index in [1.165, 1.54) is 11.8 Å². The average Bonchev–Trinajstić information content (AvgIpc) is 2.25. The van der Waals surface area contributed by atoms with Crippen molar-refractivity contribution < 1.29 is 9.90 Å². The summed E-state index contributed by atoms with van der Waals surface area (Å²) < 4.78 is 0. The Kier molecular flexibility index (Phi) is 5.64. The van der Waals surface area contributed by atoms with Gasteiger partial charge >= 0.3 is 0 Å². The minimum atomic E-state index is -0.937. The highest BCUT2D eigenvalue weighted by atomic mass is 35.5. The highest BCUT2D eigenvalue weighted by Gasteiger charge is 2.22. The van der Waals surface area contributed by atoms with Gasteiger partial charge in [0.15, 0.2) is 0 Å². The molecule has 0 bridgehead atoms. The Morgan fingerprint density at radius 3 is 2.74 bits per heavy atom. The second kappa shape index (κ2) is 6.59. The molecule has 6 heteroatoms. The van der Waals surface area contributed by atoms with Crippen LogP contribution in [0.4, 0.5) is 0 Å². The van der Waals surface area contributed by atoms with E-state index >= 15 is 0 Å². The molecule has 0 saturated heterocycles. The summed E-state index contributed by atoms with van der Waals surface area (Å²) in [6.45, 7) is 5.50. The van der Waals surface area contributed by atoms with Crippen LogP contribution in [0.5, 0.6) is 0 Å². The van der Waals surface area contributed by atoms with E-state index in [1.807, 2.05) is 20.1 Å². The van der Waals surface area contributed by atoms with E-state index in [1.54, 1.807) is 13.0 Å². The maximum atomic E-state index is 12.1. The van der Waals surface area contributed by atoms with E-state index in [2.05, 4.69) is 10.3 Å². The zero-order valence-electron chi connectivity index (χ0n) is 11.6. The van der Waals surface area contributed by atoms with Gasteiger partial charge in [-0.05, 0) is 38.7 Å². The predicted octanol–water partition coefficient (Wildman–Crippen LogP) is 2.20. The number of carbonyl (C=O) groups excluding carboxylic acids is 1. The van der Waals surface area contributed by atoms with E-state index in [-0.39, 0.29) is 17.6 Å². The number of thioether (sulfide) groups is 1. The van der Waals surface area contributed by atoms with Crippen molar-refractivity contribution in [1.82, 2.24) is 10.3 Å². The number of aryl methyl sites for hydroxylation is 2. The summed E-state index contributed by atoms with van der Waals surface area (Å²) in [5.74, 6) is 0.239. The first-order valence-corrected chi connectivity index (χ1v) is 7.67. The van der Waals surface area contributed by atoms with Gasteiger partial charge in [0, 0.05) is 18.0 Å². The van der Waals surface area contributed by atoms with Crippen LogP contribution in [0.25, 0.3) is 0 Å². The molecule has 0 aromatic carbocycles. The van der Waals surface area contributed by atoms with E-state index in [0.29, 0.717) is 11.3 Å². The molecule has 19 heavy (non-hydrogen) atoms. The molecule has 0 aliphatic carbocycles. The number of nitrogens with one attached hydrogen (secondary N) is 1. The monoisotopic (exact) mass is 302 g/mol. The van der Waals surface area contributed by atoms with Gasteiger partial charge in [0.1, 0.15) is 5.15 Å². The van der Waals surface area contributed by atoms with Crippen molar-refractivity contribution >= 4 is 29.3 Å². The smallest absolute Gasteiger partial charge is 0.254 e. The third-order valence-corrected chi connectivity index (χ3v) is 3.80. The quantitative estimate of drug-likeness (QED) is 0.819. The van der Waals surface area contributed by atoms with Gasteiger partial charge in [-0.3, -0.25) is 4.79 Å². The molecule has 0 spiro atoms. The largest absolute Gasteiger partial charge is 0.387 e. The Balaban J connectivity index is 2.80. The highest BCUT2D eigenvalue weighted by molar-refractivity contribution is 7.98. The van der Waals surface area contributed by atoms with Crippen molar-refractivity contribution in [2.75, 3.05) is 18.6 Å². The van der Waals surface area contributed by atoms with Crippen molar-refractivity contribution in [3.05, 3.63) is 28.0 Å². The van der Waals surface area contributed by atoms with E-state index in [0.717, 1.165) is 11.3 Å². The van der Waals surface area contributed by atoms with Gasteiger partial charge in [0.05, 0.1) is 11.2 Å². The molecule has 1 unspecified atom stereocenters. The third-order valence-electron chi connectivity index (χ3n) is 2.61. The van der Waals surface area contributed by atoms with Crippen LogP contribution in [0.3, 0.4) is 0 Å². The van der Waals surface area contributed by atoms with E-state index in [4.69, 9.17) is 11.6 Å². The number of aromatic nitrogens is 1. The lowest BCUT2D eigenvalue weighted by atomic mass is 10.1. The zero-order chi connectivity index (χ0) is 14.6. The summed E-state index contributed by atoms with van der Waals surface area (Å²) in [7, 11) is 0. The normalized spacial score (nSPS) is 14.0. The van der Waals surface area contributed by atoms with Gasteiger partial charge < -0.3 is 10.4 Å². The van der Waals surface area contributed by atoms with Crippen molar-refractivity contribution in [2.24, 2.45) is 0 Å². The van der Waals surface area contributed by atoms with Crippen molar-refractivity contribution in [1.29, 1.82) is 0 Å². The third kappa shape index (κ3) is 4.67. The average molecular weight is 303 g/mol. The Bertz CT molecular complexity index is 455. The summed E-state index contributed by atoms with van der Waals surface area (Å²) in [5, 5.41) is 12.9. The summed E-state index contributed by atoms with van der Waals surface area (Å²) in [6.07, 6.45) is 1.90. The molecule has 1 heterocycles. The lowest BCUT2D eigenvalue weighted by Gasteiger charge is -2.22. The number of pyridine rings is 1. The van der Waals surface area contributed by atoms with Gasteiger partial charge in [-0.15, -0.1) is 0 Å². The number of rotatable bonds is 5. The molecule has 0 fully saturated rings. The lowest BCUT2D eigenvalue weighted by Crippen LogP contribution is -2.42. The molecular weight excluding hydrogens is 284 g/mol. The fraction of sp³-hybridized carbons (Fsp3) is 0.538. The second-order valence-electron chi connectivity index (χ2n) is 4.86. The number of aliphatic hydroxyl groups is 1. The van der Waals surface area contributed by atoms with Crippen LogP contribution < -0.4 is 5.32 Å². The van der Waals surface area contributed by atoms with Gasteiger partial charge in [-0.25, -0.2) is 4.98 Å². The number of halogens is 1. The van der Waals surface area contributed by atoms with Crippen LogP contribution in [0, 0.1) is 13.8 Å². The standard InChI is InChI=1S/C13H19ClN2O2S/c1-8-5-9(2)16-11(14)10(8)12(17)15-6-13(3,18)7-19-4/h5,18H,6-7H2,1-4H3,(H,15,17). The predicted molar refractivity (Wildman–Crippen MR) is 80.1 cm³/mol. The number of hydrogen-bond donors (Lipinski definition) is 2. The molecule has 0 saturated carbocycles. The second-order valence-corrected chi connectivity index (χ2v) is 6.08. The van der Waals surface area contributed by atoms with Crippen LogP contribution in [-0.4, -0.2) is 40.2 Å². The molecule has 106 valence electrons. The number of amides is 1. The van der Waals surface area contributed by atoms with Crippen LogP contribution in [0.1, 0.15) is 28.5 Å². The van der Waals surface area contributed by atoms with Gasteiger partial charge in [-0.2, -0.15) is 11.8 Å². The van der Waals surface area contributed by atoms with Crippen LogP contribution >= 0.6 is 23.4 Å². The Labute approximate surface area is 123 Å². The topological polar surface area (TPSA) is 62.2 Å². The minimum Gasteiger partial charge on any atom is -0.387 e. The molecule has 1 atom stereocenters. The summed E-state index contributed by atoms with van der Waals surface area (Å²) in [4.78, 5) is 16.2. The summed E-state index contributed by atoms with van der Waals surface area (Å²) in [5.41, 5.74) is 0.980. The molecule has 4 nitrogen and oxygen atoms in total. The zero-order valence-corrected chi connectivity index (χ0v) is 13.2. The first kappa shape index (κ1) is 16.3. The molecule has 1 aromatic rings. The maximum Gasteiger partial charge on any atom is 0.254 e. The first-order chi connectivity index (χ1) is 8.76. The molecule has 1 aromatic heterocycles. The molecule has 0 radical (unpaired) electrons. The maximum absolute atomic E-state index is 12.1. The number of carbonyl (C=O) groups is 1. The Hall–Kier alpha value is -0.780. The van der Waals surface area contributed by atoms with Crippen molar-refractivity contribution in [3.63, 3.8) is 0 Å². The van der Waals surface area contributed by atoms with E-state index in [9.17, 15) is 9.90 Å². The van der Waals surface area contributed by atoms with Crippen molar-refractivity contribution in [2.45, 2.75) is 26.4 Å². The Morgan fingerprint density at radius 1 is 1.58 bits per heavy atom. The van der Waals surface area contributed by atoms with Crippen LogP contribution in [-0.2, 0) is 0 Å². The van der Waals surface area contributed by atoms with Gasteiger partial charge in [-0.1, -0.05) is 11.6 Å². The molecule has 1 rings (SSSR count). The lowest BCUT2D eigenvalue weighted by molar-refractivity contribution is 0.0724. The molecule has 0 aliphatic heterocycles. The fourth-order valence-corrected chi connectivity index (χ4v) is 2.88. The summed E-state index contributed by atoms with van der Waals surface area (Å²) in [6, 6.07) is 1.81. The molecule has 1 amide bonds. The number of nitrogens with zero attached hydrogens (tertiary/aromatic N) is 1.